The van der Waals surface area contributed by atoms with Crippen molar-refractivity contribution in [2.24, 2.45) is 5.92 Å². The Labute approximate surface area is 155 Å². The summed E-state index contributed by atoms with van der Waals surface area (Å²) in [4.78, 5) is 23.6. The van der Waals surface area contributed by atoms with Gasteiger partial charge in [-0.15, -0.1) is 0 Å². The molecule has 0 aliphatic rings. The number of hydrogen-bond donors (Lipinski definition) is 2. The van der Waals surface area contributed by atoms with Crippen LogP contribution in [-0.2, 0) is 11.2 Å². The van der Waals surface area contributed by atoms with Crippen LogP contribution in [0.4, 0.5) is 0 Å². The molecule has 0 spiro atoms. The smallest absolute Gasteiger partial charge is 0.337 e. The van der Waals surface area contributed by atoms with Gasteiger partial charge in [0.05, 0.1) is 12.7 Å². The first-order valence-electron chi connectivity index (χ1n) is 7.85. The number of rotatable bonds is 7. The van der Waals surface area contributed by atoms with Gasteiger partial charge in [-0.05, 0) is 48.4 Å². The second-order valence-electron chi connectivity index (χ2n) is 5.66. The van der Waals surface area contributed by atoms with Crippen LogP contribution in [0.15, 0.2) is 53.0 Å². The first-order chi connectivity index (χ1) is 12.0. The molecule has 0 radical (unpaired) electrons. The molecule has 1 atom stereocenters. The van der Waals surface area contributed by atoms with Crippen LogP contribution < -0.4 is 5.32 Å². The van der Waals surface area contributed by atoms with Crippen LogP contribution in [0.2, 0.25) is 0 Å². The number of amides is 1. The Hall–Kier alpha value is -2.18. The quantitative estimate of drug-likeness (QED) is 0.694. The lowest BCUT2D eigenvalue weighted by atomic mass is 10.00. The molecule has 0 bridgehead atoms. The van der Waals surface area contributed by atoms with E-state index in [2.05, 4.69) is 26.0 Å². The molecule has 2 N–H and O–H groups in total. The van der Waals surface area contributed by atoms with E-state index in [9.17, 15) is 14.7 Å². The second kappa shape index (κ2) is 9.34. The Morgan fingerprint density at radius 1 is 1.16 bits per heavy atom. The van der Waals surface area contributed by atoms with E-state index in [-0.39, 0.29) is 18.4 Å². The normalized spacial score (nSPS) is 11.6. The Kier molecular flexibility index (Phi) is 7.16. The summed E-state index contributed by atoms with van der Waals surface area (Å²) in [6.45, 7) is 0.342. The molecule has 2 aromatic rings. The number of esters is 1. The molecule has 0 aliphatic carbocycles. The molecule has 0 heterocycles. The van der Waals surface area contributed by atoms with Crippen molar-refractivity contribution < 1.29 is 19.4 Å². The van der Waals surface area contributed by atoms with Crippen molar-refractivity contribution in [2.75, 3.05) is 20.3 Å². The maximum absolute atomic E-state index is 12.2. The summed E-state index contributed by atoms with van der Waals surface area (Å²) < 4.78 is 5.61. The third kappa shape index (κ3) is 5.69. The van der Waals surface area contributed by atoms with Crippen LogP contribution in [-0.4, -0.2) is 37.2 Å². The number of methoxy groups -OCH3 is 1. The largest absolute Gasteiger partial charge is 0.465 e. The number of halogens is 1. The lowest BCUT2D eigenvalue weighted by molar-refractivity contribution is 0.0600. The predicted molar refractivity (Wildman–Crippen MR) is 98.5 cm³/mol. The zero-order valence-electron chi connectivity index (χ0n) is 13.9. The molecule has 1 amide bonds. The van der Waals surface area contributed by atoms with E-state index in [0.29, 0.717) is 24.1 Å². The highest BCUT2D eigenvalue weighted by atomic mass is 79.9. The van der Waals surface area contributed by atoms with Gasteiger partial charge in [0.1, 0.15) is 0 Å². The molecular weight excluding hydrogens is 386 g/mol. The van der Waals surface area contributed by atoms with Crippen molar-refractivity contribution in [3.8, 4) is 0 Å². The van der Waals surface area contributed by atoms with Crippen LogP contribution >= 0.6 is 15.9 Å². The Bertz CT molecular complexity index is 730. The minimum atomic E-state index is -0.443. The Balaban J connectivity index is 1.92. The molecule has 0 aliphatic heterocycles. The highest BCUT2D eigenvalue weighted by molar-refractivity contribution is 9.10. The van der Waals surface area contributed by atoms with Crippen molar-refractivity contribution in [2.45, 2.75) is 6.42 Å². The van der Waals surface area contributed by atoms with Gasteiger partial charge in [-0.1, -0.05) is 28.1 Å². The van der Waals surface area contributed by atoms with Gasteiger partial charge in [0.25, 0.3) is 5.91 Å². The molecule has 132 valence electrons. The lowest BCUT2D eigenvalue weighted by Gasteiger charge is -2.15. The van der Waals surface area contributed by atoms with E-state index in [1.165, 1.54) is 7.11 Å². The molecule has 0 fully saturated rings. The van der Waals surface area contributed by atoms with Gasteiger partial charge in [0, 0.05) is 29.1 Å². The van der Waals surface area contributed by atoms with E-state index >= 15 is 0 Å². The number of nitrogens with one attached hydrogen (secondary N) is 1. The van der Waals surface area contributed by atoms with Gasteiger partial charge in [-0.2, -0.15) is 0 Å². The van der Waals surface area contributed by atoms with Gasteiger partial charge in [-0.3, -0.25) is 4.79 Å². The maximum Gasteiger partial charge on any atom is 0.337 e. The van der Waals surface area contributed by atoms with Crippen molar-refractivity contribution >= 4 is 27.8 Å². The van der Waals surface area contributed by atoms with Crippen molar-refractivity contribution in [1.82, 2.24) is 5.32 Å². The van der Waals surface area contributed by atoms with Crippen LogP contribution in [0, 0.1) is 5.92 Å². The first kappa shape index (κ1) is 19.1. The number of carbonyl (C=O) groups excluding carboxylic acids is 2. The molecule has 0 aromatic heterocycles. The zero-order valence-corrected chi connectivity index (χ0v) is 15.5. The van der Waals surface area contributed by atoms with E-state index < -0.39 is 5.97 Å². The molecule has 0 saturated carbocycles. The second-order valence-corrected chi connectivity index (χ2v) is 6.58. The molecular formula is C19H20BrNO4. The molecule has 2 rings (SSSR count). The van der Waals surface area contributed by atoms with E-state index in [1.807, 2.05) is 24.3 Å². The SMILES string of the molecule is COC(=O)c1ccc(C(=O)NC[C@@H](CO)Cc2cccc(Br)c2)cc1. The summed E-state index contributed by atoms with van der Waals surface area (Å²) in [7, 11) is 1.31. The maximum atomic E-state index is 12.2. The van der Waals surface area contributed by atoms with Gasteiger partial charge in [0.2, 0.25) is 0 Å². The monoisotopic (exact) mass is 405 g/mol. The molecule has 0 unspecified atom stereocenters. The highest BCUT2D eigenvalue weighted by Gasteiger charge is 2.13. The van der Waals surface area contributed by atoms with Crippen LogP contribution in [0.1, 0.15) is 26.3 Å². The lowest BCUT2D eigenvalue weighted by Crippen LogP contribution is -2.31. The minimum Gasteiger partial charge on any atom is -0.465 e. The van der Waals surface area contributed by atoms with Crippen LogP contribution in [0.5, 0.6) is 0 Å². The average Bonchev–Trinajstić information content (AvgIpc) is 2.64. The summed E-state index contributed by atoms with van der Waals surface area (Å²) in [5.41, 5.74) is 1.93. The third-order valence-electron chi connectivity index (χ3n) is 3.79. The van der Waals surface area contributed by atoms with Gasteiger partial charge in [-0.25, -0.2) is 4.79 Å². The van der Waals surface area contributed by atoms with Gasteiger partial charge >= 0.3 is 5.97 Å². The van der Waals surface area contributed by atoms with E-state index in [0.717, 1.165) is 10.0 Å². The summed E-state index contributed by atoms with van der Waals surface area (Å²) >= 11 is 3.42. The summed E-state index contributed by atoms with van der Waals surface area (Å²) in [5.74, 6) is -0.766. The Morgan fingerprint density at radius 3 is 2.44 bits per heavy atom. The molecule has 5 nitrogen and oxygen atoms in total. The number of aliphatic hydroxyl groups excluding tert-OH is 1. The molecule has 2 aromatic carbocycles. The summed E-state index contributed by atoms with van der Waals surface area (Å²) in [5, 5.41) is 12.4. The standard InChI is InChI=1S/C19H20BrNO4/c1-25-19(24)16-7-5-15(6-8-16)18(23)21-11-14(12-22)9-13-3-2-4-17(20)10-13/h2-8,10,14,22H,9,11-12H2,1H3,(H,21,23)/t14-/m0/s1. The topological polar surface area (TPSA) is 75.6 Å². The number of benzene rings is 2. The summed E-state index contributed by atoms with van der Waals surface area (Å²) in [6, 6.07) is 14.1. The Morgan fingerprint density at radius 2 is 1.84 bits per heavy atom. The van der Waals surface area contributed by atoms with Crippen molar-refractivity contribution in [3.63, 3.8) is 0 Å². The zero-order chi connectivity index (χ0) is 18.2. The molecule has 6 heteroatoms. The fourth-order valence-corrected chi connectivity index (χ4v) is 2.86. The van der Waals surface area contributed by atoms with Gasteiger partial charge < -0.3 is 15.2 Å². The number of ether oxygens (including phenoxy) is 1. The number of aliphatic hydroxyl groups is 1. The van der Waals surface area contributed by atoms with Crippen molar-refractivity contribution in [1.29, 1.82) is 0 Å². The highest BCUT2D eigenvalue weighted by Crippen LogP contribution is 2.15. The van der Waals surface area contributed by atoms with Gasteiger partial charge in [0.15, 0.2) is 0 Å². The van der Waals surface area contributed by atoms with E-state index in [1.54, 1.807) is 24.3 Å². The van der Waals surface area contributed by atoms with E-state index in [4.69, 9.17) is 0 Å². The molecule has 0 saturated heterocycles. The first-order valence-corrected chi connectivity index (χ1v) is 8.64. The third-order valence-corrected chi connectivity index (χ3v) is 4.28. The fraction of sp³-hybridized carbons (Fsp3) is 0.263. The van der Waals surface area contributed by atoms with Crippen LogP contribution in [0.25, 0.3) is 0 Å². The predicted octanol–water partition coefficient (Wildman–Crippen LogP) is 2.82. The summed E-state index contributed by atoms with van der Waals surface area (Å²) in [6.07, 6.45) is 0.664. The minimum absolute atomic E-state index is 0.0198. The molecule has 25 heavy (non-hydrogen) atoms. The average molecular weight is 406 g/mol. The number of hydrogen-bond acceptors (Lipinski definition) is 4. The number of carbonyl (C=O) groups is 2. The van der Waals surface area contributed by atoms with Crippen LogP contribution in [0.3, 0.4) is 0 Å². The van der Waals surface area contributed by atoms with Crippen molar-refractivity contribution in [3.05, 3.63) is 69.7 Å². The fourth-order valence-electron chi connectivity index (χ4n) is 2.41.